The fourth-order valence-corrected chi connectivity index (χ4v) is 4.38. The molecule has 1 amide bonds. The first-order chi connectivity index (χ1) is 14.8. The number of rotatable bonds is 9. The number of nitrogens with zero attached hydrogens (tertiary/aromatic N) is 4. The zero-order chi connectivity index (χ0) is 22.5. The normalized spacial score (nSPS) is 10.7. The molecule has 0 saturated carbocycles. The molecule has 0 spiro atoms. The summed E-state index contributed by atoms with van der Waals surface area (Å²) in [5.41, 5.74) is 2.38. The molecule has 0 aliphatic heterocycles. The first-order valence-electron chi connectivity index (χ1n) is 10.1. The summed E-state index contributed by atoms with van der Waals surface area (Å²) in [7, 11) is 11.3. The van der Waals surface area contributed by atoms with Crippen molar-refractivity contribution >= 4 is 50.7 Å². The van der Waals surface area contributed by atoms with Gasteiger partial charge >= 0.3 is 0 Å². The Kier molecular flexibility index (Phi) is 9.12. The molecule has 0 aliphatic rings. The van der Waals surface area contributed by atoms with Crippen LogP contribution in [0.5, 0.6) is 11.5 Å². The van der Waals surface area contributed by atoms with E-state index in [9.17, 15) is 4.79 Å². The number of carbonyl (C=O) groups excluding carboxylic acids is 1. The largest absolute Gasteiger partial charge is 0.495 e. The molecular formula is C23H31ClN4O3S. The molecule has 0 fully saturated rings. The van der Waals surface area contributed by atoms with E-state index in [1.165, 1.54) is 11.3 Å². The van der Waals surface area contributed by atoms with E-state index in [4.69, 9.17) is 14.5 Å². The number of amides is 1. The number of ether oxygens (including phenoxy) is 2. The van der Waals surface area contributed by atoms with E-state index in [0.29, 0.717) is 28.5 Å². The molecule has 1 heterocycles. The Bertz CT molecular complexity index is 997. The molecule has 174 valence electrons. The second-order valence-electron chi connectivity index (χ2n) is 7.70. The molecule has 0 bridgehead atoms. The second-order valence-corrected chi connectivity index (χ2v) is 8.68. The van der Waals surface area contributed by atoms with Crippen molar-refractivity contribution in [1.29, 1.82) is 0 Å². The third-order valence-corrected chi connectivity index (χ3v) is 6.09. The molecular weight excluding hydrogens is 448 g/mol. The van der Waals surface area contributed by atoms with Crippen molar-refractivity contribution in [2.75, 3.05) is 65.3 Å². The summed E-state index contributed by atoms with van der Waals surface area (Å²) in [6.07, 6.45) is 0.832. The van der Waals surface area contributed by atoms with E-state index in [-0.39, 0.29) is 18.3 Å². The van der Waals surface area contributed by atoms with Gasteiger partial charge in [-0.05, 0) is 63.5 Å². The topological polar surface area (TPSA) is 58.1 Å². The van der Waals surface area contributed by atoms with Crippen molar-refractivity contribution in [1.82, 2.24) is 9.88 Å². The minimum absolute atomic E-state index is 0. The predicted molar refractivity (Wildman–Crippen MR) is 136 cm³/mol. The zero-order valence-electron chi connectivity index (χ0n) is 19.4. The molecule has 0 N–H and O–H groups in total. The van der Waals surface area contributed by atoms with Crippen LogP contribution in [0.25, 0.3) is 10.2 Å². The van der Waals surface area contributed by atoms with E-state index in [1.807, 2.05) is 69.5 Å². The average molecular weight is 479 g/mol. The van der Waals surface area contributed by atoms with Crippen molar-refractivity contribution in [3.63, 3.8) is 0 Å². The molecule has 9 heteroatoms. The van der Waals surface area contributed by atoms with Gasteiger partial charge in [0.1, 0.15) is 21.7 Å². The Morgan fingerprint density at radius 2 is 1.56 bits per heavy atom. The fraction of sp³-hybridized carbons (Fsp3) is 0.391. The molecule has 32 heavy (non-hydrogen) atoms. The number of hydrogen-bond acceptors (Lipinski definition) is 7. The van der Waals surface area contributed by atoms with Gasteiger partial charge < -0.3 is 19.3 Å². The van der Waals surface area contributed by atoms with E-state index in [2.05, 4.69) is 4.90 Å². The van der Waals surface area contributed by atoms with E-state index in [0.717, 1.165) is 29.1 Å². The summed E-state index contributed by atoms with van der Waals surface area (Å²) >= 11 is 1.44. The number of carbonyl (C=O) groups is 1. The zero-order valence-corrected chi connectivity index (χ0v) is 21.0. The Labute approximate surface area is 200 Å². The van der Waals surface area contributed by atoms with Gasteiger partial charge in [0.2, 0.25) is 0 Å². The molecule has 0 radical (unpaired) electrons. The third kappa shape index (κ3) is 5.62. The van der Waals surface area contributed by atoms with Gasteiger partial charge in [-0.25, -0.2) is 4.98 Å². The number of halogens is 1. The van der Waals surface area contributed by atoms with E-state index >= 15 is 0 Å². The standard InChI is InChI=1S/C23H30N4O3S.ClH/c1-25(2)14-7-15-27(22(28)16-8-10-17(11-9-16)26(3)4)23-24-20-18(29-5)12-13-19(30-6)21(20)31-23;/h8-13H,7,14-15H2,1-6H3;1H. The average Bonchev–Trinajstić information content (AvgIpc) is 3.20. The van der Waals surface area contributed by atoms with Gasteiger partial charge in [0.15, 0.2) is 5.13 Å². The van der Waals surface area contributed by atoms with Crippen molar-refractivity contribution in [3.05, 3.63) is 42.0 Å². The van der Waals surface area contributed by atoms with Crippen LogP contribution in [-0.4, -0.2) is 71.3 Å². The van der Waals surface area contributed by atoms with Crippen LogP contribution in [0.2, 0.25) is 0 Å². The third-order valence-electron chi connectivity index (χ3n) is 4.99. The maximum Gasteiger partial charge on any atom is 0.260 e. The van der Waals surface area contributed by atoms with Gasteiger partial charge in [0.25, 0.3) is 5.91 Å². The lowest BCUT2D eigenvalue weighted by Crippen LogP contribution is -2.33. The molecule has 3 aromatic rings. The van der Waals surface area contributed by atoms with Gasteiger partial charge in [-0.3, -0.25) is 9.69 Å². The number of aromatic nitrogens is 1. The number of thiazole rings is 1. The van der Waals surface area contributed by atoms with Crippen LogP contribution in [-0.2, 0) is 0 Å². The molecule has 0 atom stereocenters. The molecule has 0 saturated heterocycles. The summed E-state index contributed by atoms with van der Waals surface area (Å²) < 4.78 is 11.9. The predicted octanol–water partition coefficient (Wildman–Crippen LogP) is 4.40. The smallest absolute Gasteiger partial charge is 0.260 e. The first kappa shape index (κ1) is 25.7. The summed E-state index contributed by atoms with van der Waals surface area (Å²) in [5, 5.41) is 0.637. The van der Waals surface area contributed by atoms with Crippen LogP contribution in [0, 0.1) is 0 Å². The fourth-order valence-electron chi connectivity index (χ4n) is 3.28. The molecule has 1 aromatic heterocycles. The first-order valence-corrected chi connectivity index (χ1v) is 10.9. The minimum atomic E-state index is -0.0685. The summed E-state index contributed by atoms with van der Waals surface area (Å²) in [5.74, 6) is 1.31. The summed E-state index contributed by atoms with van der Waals surface area (Å²) in [4.78, 5) is 24.2. The SMILES string of the molecule is COc1ccc(OC)c2sc(N(CCCN(C)C)C(=O)c3ccc(N(C)C)cc3)nc12.Cl. The monoisotopic (exact) mass is 478 g/mol. The maximum absolute atomic E-state index is 13.5. The van der Waals surface area contributed by atoms with Crippen LogP contribution in [0.15, 0.2) is 36.4 Å². The highest BCUT2D eigenvalue weighted by Crippen LogP contribution is 2.40. The number of anilines is 2. The van der Waals surface area contributed by atoms with Crippen molar-refractivity contribution in [2.24, 2.45) is 0 Å². The van der Waals surface area contributed by atoms with Gasteiger partial charge in [-0.15, -0.1) is 12.4 Å². The Hall–Kier alpha value is -2.55. The molecule has 7 nitrogen and oxygen atoms in total. The van der Waals surface area contributed by atoms with E-state index < -0.39 is 0 Å². The Balaban J connectivity index is 0.00000363. The number of methoxy groups -OCH3 is 2. The quantitative estimate of drug-likeness (QED) is 0.454. The molecule has 0 unspecified atom stereocenters. The number of hydrogen-bond donors (Lipinski definition) is 0. The highest BCUT2D eigenvalue weighted by molar-refractivity contribution is 7.22. The molecule has 3 rings (SSSR count). The summed E-state index contributed by atoms with van der Waals surface area (Å²) in [6.45, 7) is 1.44. The Morgan fingerprint density at radius 3 is 2.12 bits per heavy atom. The van der Waals surface area contributed by atoms with E-state index in [1.54, 1.807) is 19.1 Å². The van der Waals surface area contributed by atoms with Crippen LogP contribution >= 0.6 is 23.7 Å². The van der Waals surface area contributed by atoms with Crippen molar-refractivity contribution in [3.8, 4) is 11.5 Å². The Morgan fingerprint density at radius 1 is 0.938 bits per heavy atom. The van der Waals surface area contributed by atoms with Crippen LogP contribution < -0.4 is 19.3 Å². The van der Waals surface area contributed by atoms with Gasteiger partial charge in [-0.2, -0.15) is 0 Å². The van der Waals surface area contributed by atoms with Crippen LogP contribution in [0.3, 0.4) is 0 Å². The second kappa shape index (κ2) is 11.4. The highest BCUT2D eigenvalue weighted by Gasteiger charge is 2.23. The van der Waals surface area contributed by atoms with Gasteiger partial charge in [0.05, 0.1) is 14.2 Å². The van der Waals surface area contributed by atoms with Crippen molar-refractivity contribution in [2.45, 2.75) is 6.42 Å². The van der Waals surface area contributed by atoms with Crippen LogP contribution in [0.4, 0.5) is 10.8 Å². The summed E-state index contributed by atoms with van der Waals surface area (Å²) in [6, 6.07) is 11.3. The maximum atomic E-state index is 13.5. The number of benzene rings is 2. The lowest BCUT2D eigenvalue weighted by Gasteiger charge is -2.21. The van der Waals surface area contributed by atoms with Gasteiger partial charge in [-0.1, -0.05) is 11.3 Å². The lowest BCUT2D eigenvalue weighted by molar-refractivity contribution is 0.0986. The molecule has 2 aromatic carbocycles. The lowest BCUT2D eigenvalue weighted by atomic mass is 10.1. The van der Waals surface area contributed by atoms with Gasteiger partial charge in [0, 0.05) is 31.9 Å². The highest BCUT2D eigenvalue weighted by atomic mass is 35.5. The number of fused-ring (bicyclic) bond motifs is 1. The minimum Gasteiger partial charge on any atom is -0.495 e. The van der Waals surface area contributed by atoms with Crippen LogP contribution in [0.1, 0.15) is 16.8 Å². The van der Waals surface area contributed by atoms with Crippen molar-refractivity contribution < 1.29 is 14.3 Å². The molecule has 0 aliphatic carbocycles.